The van der Waals surface area contributed by atoms with Gasteiger partial charge in [-0.3, -0.25) is 4.79 Å². The van der Waals surface area contributed by atoms with Crippen molar-refractivity contribution in [1.29, 1.82) is 0 Å². The van der Waals surface area contributed by atoms with Gasteiger partial charge in [-0.25, -0.2) is 0 Å². The smallest absolute Gasteiger partial charge is 0.191 e. The second-order valence-corrected chi connectivity index (χ2v) is 8.66. The van der Waals surface area contributed by atoms with Gasteiger partial charge in [-0.15, -0.1) is 21.5 Å². The molecule has 1 fully saturated rings. The maximum absolute atomic E-state index is 12.3. The van der Waals surface area contributed by atoms with Gasteiger partial charge in [0.15, 0.2) is 10.9 Å². The predicted octanol–water partition coefficient (Wildman–Crippen LogP) is 4.89. The SMILES string of the molecule is O=C(CSc1nnc(C2CC2)n1Cc1ccccc1)c1ccc(Cl)s1. The Morgan fingerprint density at radius 1 is 1.20 bits per heavy atom. The predicted molar refractivity (Wildman–Crippen MR) is 102 cm³/mol. The molecule has 0 unspecified atom stereocenters. The molecule has 0 N–H and O–H groups in total. The highest BCUT2D eigenvalue weighted by Crippen LogP contribution is 2.40. The molecule has 0 aliphatic heterocycles. The number of rotatable bonds is 7. The van der Waals surface area contributed by atoms with Crippen molar-refractivity contribution in [1.82, 2.24) is 14.8 Å². The van der Waals surface area contributed by atoms with Crippen LogP contribution in [0, 0.1) is 0 Å². The van der Waals surface area contributed by atoms with Gasteiger partial charge in [-0.2, -0.15) is 0 Å². The van der Waals surface area contributed by atoms with Crippen molar-refractivity contribution in [3.05, 3.63) is 63.1 Å². The van der Waals surface area contributed by atoms with E-state index in [0.717, 1.165) is 17.5 Å². The molecule has 25 heavy (non-hydrogen) atoms. The average Bonchev–Trinajstić information content (AvgIpc) is 3.25. The Balaban J connectivity index is 1.52. The monoisotopic (exact) mass is 389 g/mol. The van der Waals surface area contributed by atoms with Crippen LogP contribution >= 0.6 is 34.7 Å². The Morgan fingerprint density at radius 3 is 2.68 bits per heavy atom. The number of ketones is 1. The van der Waals surface area contributed by atoms with E-state index >= 15 is 0 Å². The van der Waals surface area contributed by atoms with Crippen molar-refractivity contribution in [2.24, 2.45) is 0 Å². The maximum Gasteiger partial charge on any atom is 0.191 e. The van der Waals surface area contributed by atoms with Crippen molar-refractivity contribution >= 4 is 40.5 Å². The highest BCUT2D eigenvalue weighted by Gasteiger charge is 2.30. The highest BCUT2D eigenvalue weighted by molar-refractivity contribution is 7.99. The number of benzene rings is 1. The second kappa shape index (κ2) is 7.32. The lowest BCUT2D eigenvalue weighted by molar-refractivity contribution is 0.102. The molecule has 4 nitrogen and oxygen atoms in total. The van der Waals surface area contributed by atoms with Crippen molar-refractivity contribution in [2.75, 3.05) is 5.75 Å². The normalized spacial score (nSPS) is 14.0. The van der Waals surface area contributed by atoms with Gasteiger partial charge in [0.1, 0.15) is 5.82 Å². The second-order valence-electron chi connectivity index (χ2n) is 6.00. The van der Waals surface area contributed by atoms with Gasteiger partial charge in [0.2, 0.25) is 0 Å². The summed E-state index contributed by atoms with van der Waals surface area (Å²) in [7, 11) is 0. The summed E-state index contributed by atoms with van der Waals surface area (Å²) >= 11 is 8.68. The lowest BCUT2D eigenvalue weighted by atomic mass is 10.2. The van der Waals surface area contributed by atoms with E-state index in [2.05, 4.69) is 26.9 Å². The van der Waals surface area contributed by atoms with Gasteiger partial charge in [-0.1, -0.05) is 53.7 Å². The molecule has 4 rings (SSSR count). The Labute approximate surface area is 159 Å². The zero-order valence-electron chi connectivity index (χ0n) is 13.4. The molecule has 1 aliphatic rings. The fraction of sp³-hybridized carbons (Fsp3) is 0.278. The number of thiophene rings is 1. The van der Waals surface area contributed by atoms with E-state index < -0.39 is 0 Å². The van der Waals surface area contributed by atoms with E-state index in [9.17, 15) is 4.79 Å². The molecule has 2 aromatic heterocycles. The number of hydrogen-bond acceptors (Lipinski definition) is 5. The van der Waals surface area contributed by atoms with Crippen LogP contribution in [0.2, 0.25) is 4.34 Å². The molecule has 0 bridgehead atoms. The van der Waals surface area contributed by atoms with Gasteiger partial charge >= 0.3 is 0 Å². The minimum Gasteiger partial charge on any atom is -0.301 e. The minimum atomic E-state index is 0.0733. The van der Waals surface area contributed by atoms with E-state index in [1.54, 1.807) is 12.1 Å². The van der Waals surface area contributed by atoms with Crippen LogP contribution in [0.25, 0.3) is 0 Å². The first-order chi connectivity index (χ1) is 12.2. The van der Waals surface area contributed by atoms with Gasteiger partial charge in [0.25, 0.3) is 0 Å². The van der Waals surface area contributed by atoms with E-state index in [-0.39, 0.29) is 5.78 Å². The van der Waals surface area contributed by atoms with Crippen LogP contribution in [0.4, 0.5) is 0 Å². The van der Waals surface area contributed by atoms with Crippen LogP contribution in [0.3, 0.4) is 0 Å². The Bertz CT molecular complexity index is 887. The van der Waals surface area contributed by atoms with E-state index in [0.29, 0.717) is 20.9 Å². The van der Waals surface area contributed by atoms with Crippen LogP contribution in [0.1, 0.15) is 39.8 Å². The summed E-state index contributed by atoms with van der Waals surface area (Å²) in [4.78, 5) is 13.0. The van der Waals surface area contributed by atoms with Crippen LogP contribution in [-0.4, -0.2) is 26.3 Å². The molecule has 1 aliphatic carbocycles. The highest BCUT2D eigenvalue weighted by atomic mass is 35.5. The van der Waals surface area contributed by atoms with Crippen LogP contribution < -0.4 is 0 Å². The molecule has 0 amide bonds. The third kappa shape index (κ3) is 3.97. The topological polar surface area (TPSA) is 47.8 Å². The summed E-state index contributed by atoms with van der Waals surface area (Å²) in [6.07, 6.45) is 2.34. The van der Waals surface area contributed by atoms with Crippen molar-refractivity contribution in [3.8, 4) is 0 Å². The number of hydrogen-bond donors (Lipinski definition) is 0. The van der Waals surface area contributed by atoms with Gasteiger partial charge < -0.3 is 4.57 Å². The standard InChI is InChI=1S/C18H16ClN3OS2/c19-16-9-8-15(25-16)14(23)11-24-18-21-20-17(13-6-7-13)22(18)10-12-4-2-1-3-5-12/h1-5,8-9,13H,6-7,10-11H2. The largest absolute Gasteiger partial charge is 0.301 e. The lowest BCUT2D eigenvalue weighted by Gasteiger charge is -2.09. The number of Topliss-reactive ketones (excluding diaryl/α,β-unsaturated/α-hetero) is 1. The summed E-state index contributed by atoms with van der Waals surface area (Å²) in [6, 6.07) is 13.8. The third-order valence-electron chi connectivity index (χ3n) is 4.05. The van der Waals surface area contributed by atoms with Crippen molar-refractivity contribution < 1.29 is 4.79 Å². The summed E-state index contributed by atoms with van der Waals surface area (Å²) in [5, 5.41) is 9.54. The van der Waals surface area contributed by atoms with Crippen molar-refractivity contribution in [3.63, 3.8) is 0 Å². The molecule has 3 aromatic rings. The molecular weight excluding hydrogens is 374 g/mol. The Hall–Kier alpha value is -1.63. The molecule has 0 atom stereocenters. The molecule has 1 aromatic carbocycles. The first kappa shape index (κ1) is 16.8. The number of thioether (sulfide) groups is 1. The molecule has 0 spiro atoms. The van der Waals surface area contributed by atoms with E-state index in [1.807, 2.05) is 18.2 Å². The molecule has 0 radical (unpaired) electrons. The lowest BCUT2D eigenvalue weighted by Crippen LogP contribution is -2.07. The molecule has 1 saturated carbocycles. The van der Waals surface area contributed by atoms with Gasteiger partial charge in [-0.05, 0) is 30.5 Å². The summed E-state index contributed by atoms with van der Waals surface area (Å²) in [5.74, 6) is 1.97. The fourth-order valence-corrected chi connectivity index (χ4v) is 4.53. The van der Waals surface area contributed by atoms with Crippen LogP contribution in [0.5, 0.6) is 0 Å². The first-order valence-corrected chi connectivity index (χ1v) is 10.3. The summed E-state index contributed by atoms with van der Waals surface area (Å²) < 4.78 is 2.79. The summed E-state index contributed by atoms with van der Waals surface area (Å²) in [6.45, 7) is 0.737. The number of aromatic nitrogens is 3. The molecular formula is C18H16ClN3OS2. The molecule has 7 heteroatoms. The van der Waals surface area contributed by atoms with Gasteiger partial charge in [0.05, 0.1) is 21.5 Å². The zero-order chi connectivity index (χ0) is 17.2. The quantitative estimate of drug-likeness (QED) is 0.426. The van der Waals surface area contributed by atoms with Crippen LogP contribution in [0.15, 0.2) is 47.6 Å². The average molecular weight is 390 g/mol. The zero-order valence-corrected chi connectivity index (χ0v) is 15.8. The van der Waals surface area contributed by atoms with Crippen LogP contribution in [-0.2, 0) is 6.54 Å². The molecule has 128 valence electrons. The number of carbonyl (C=O) groups is 1. The maximum atomic E-state index is 12.3. The number of carbonyl (C=O) groups excluding carboxylic acids is 1. The minimum absolute atomic E-state index is 0.0733. The first-order valence-electron chi connectivity index (χ1n) is 8.09. The van der Waals surface area contributed by atoms with E-state index in [4.69, 9.17) is 11.6 Å². The molecule has 0 saturated heterocycles. The van der Waals surface area contributed by atoms with Crippen molar-refractivity contribution in [2.45, 2.75) is 30.5 Å². The van der Waals surface area contributed by atoms with Gasteiger partial charge in [0, 0.05) is 5.92 Å². The summed E-state index contributed by atoms with van der Waals surface area (Å²) in [5.41, 5.74) is 1.21. The van der Waals surface area contributed by atoms with E-state index in [1.165, 1.54) is 41.5 Å². The molecule has 2 heterocycles. The Kier molecular flexibility index (Phi) is 4.92. The third-order valence-corrected chi connectivity index (χ3v) is 6.29. The number of nitrogens with zero attached hydrogens (tertiary/aromatic N) is 3. The Morgan fingerprint density at radius 2 is 2.00 bits per heavy atom. The fourth-order valence-electron chi connectivity index (χ4n) is 2.63. The number of halogens is 1.